The zero-order chi connectivity index (χ0) is 22.9. The Morgan fingerprint density at radius 1 is 1.09 bits per heavy atom. The van der Waals surface area contributed by atoms with Gasteiger partial charge in [-0.05, 0) is 29.8 Å². The van der Waals surface area contributed by atoms with Crippen molar-refractivity contribution in [1.82, 2.24) is 24.4 Å². The monoisotopic (exact) mass is 464 g/mol. The molecule has 176 valence electrons. The minimum absolute atomic E-state index is 0.0777. The van der Waals surface area contributed by atoms with Crippen LogP contribution in [0.15, 0.2) is 53.7 Å². The third-order valence-electron chi connectivity index (χ3n) is 5.95. The molecule has 0 aliphatic carbocycles. The first-order valence-corrected chi connectivity index (χ1v) is 11.1. The van der Waals surface area contributed by atoms with Crippen molar-refractivity contribution in [3.05, 3.63) is 60.6 Å². The first-order chi connectivity index (χ1) is 16.8. The number of nitrogens with zero attached hydrogens (tertiary/aromatic N) is 5. The number of benzene rings is 1. The minimum atomic E-state index is -0.363. The van der Waals surface area contributed by atoms with Crippen LogP contribution in [0.5, 0.6) is 11.5 Å². The zero-order valence-electron chi connectivity index (χ0n) is 18.3. The molecule has 2 atom stereocenters. The van der Waals surface area contributed by atoms with Crippen LogP contribution in [0.4, 0.5) is 5.82 Å². The molecule has 0 saturated carbocycles. The molecular weight excluding hydrogens is 440 g/mol. The normalized spacial score (nSPS) is 20.1. The smallest absolute Gasteiger partial charge is 0.231 e. The van der Waals surface area contributed by atoms with Gasteiger partial charge in [-0.2, -0.15) is 0 Å². The average Bonchev–Trinajstić information content (AvgIpc) is 3.63. The van der Waals surface area contributed by atoms with Gasteiger partial charge in [-0.3, -0.25) is 9.47 Å². The number of hydrogen-bond donors (Lipinski definition) is 2. The van der Waals surface area contributed by atoms with Crippen LogP contribution in [0, 0.1) is 0 Å². The number of anilines is 1. The summed E-state index contributed by atoms with van der Waals surface area (Å²) >= 11 is 0. The fraction of sp³-hybridized carbons (Fsp3) is 0.348. The largest absolute Gasteiger partial charge is 0.467 e. The Kier molecular flexibility index (Phi) is 5.49. The topological polar surface area (TPSA) is 120 Å². The molecule has 6 rings (SSSR count). The predicted octanol–water partition coefficient (Wildman–Crippen LogP) is 2.15. The van der Waals surface area contributed by atoms with E-state index in [1.807, 2.05) is 34.9 Å². The lowest BCUT2D eigenvalue weighted by Gasteiger charge is -2.37. The van der Waals surface area contributed by atoms with Crippen molar-refractivity contribution in [1.29, 1.82) is 0 Å². The van der Waals surface area contributed by atoms with Gasteiger partial charge >= 0.3 is 0 Å². The lowest BCUT2D eigenvalue weighted by Crippen LogP contribution is -2.46. The Bertz CT molecular complexity index is 1280. The molecule has 5 heterocycles. The van der Waals surface area contributed by atoms with Crippen LogP contribution in [-0.4, -0.2) is 62.1 Å². The molecule has 3 aromatic heterocycles. The number of rotatable bonds is 7. The Morgan fingerprint density at radius 3 is 2.91 bits per heavy atom. The molecule has 0 spiro atoms. The number of fused-ring (bicyclic) bond motifs is 2. The fourth-order valence-electron chi connectivity index (χ4n) is 4.35. The maximum Gasteiger partial charge on any atom is 0.231 e. The van der Waals surface area contributed by atoms with Crippen molar-refractivity contribution in [3.8, 4) is 11.5 Å². The minimum Gasteiger partial charge on any atom is -0.467 e. The van der Waals surface area contributed by atoms with Gasteiger partial charge in [0.05, 0.1) is 31.8 Å². The third-order valence-corrected chi connectivity index (χ3v) is 5.95. The van der Waals surface area contributed by atoms with Gasteiger partial charge < -0.3 is 29.1 Å². The van der Waals surface area contributed by atoms with Crippen molar-refractivity contribution in [2.75, 3.05) is 31.8 Å². The Balaban J connectivity index is 1.22. The summed E-state index contributed by atoms with van der Waals surface area (Å²) in [6.45, 7) is 2.56. The van der Waals surface area contributed by atoms with Crippen molar-refractivity contribution in [2.45, 2.75) is 25.4 Å². The lowest BCUT2D eigenvalue weighted by atomic mass is 10.1. The highest BCUT2D eigenvalue weighted by Crippen LogP contribution is 2.33. The zero-order valence-corrected chi connectivity index (χ0v) is 18.3. The van der Waals surface area contributed by atoms with E-state index in [2.05, 4.69) is 25.2 Å². The van der Waals surface area contributed by atoms with E-state index in [0.29, 0.717) is 43.2 Å². The number of aliphatic hydroxyl groups excluding tert-OH is 1. The van der Waals surface area contributed by atoms with E-state index in [0.717, 1.165) is 22.8 Å². The quantitative estimate of drug-likeness (QED) is 0.421. The van der Waals surface area contributed by atoms with Crippen LogP contribution in [0.3, 0.4) is 0 Å². The number of aromatic nitrogens is 4. The molecule has 2 aliphatic heterocycles. The van der Waals surface area contributed by atoms with Crippen LogP contribution in [-0.2, 0) is 17.8 Å². The molecule has 0 unspecified atom stereocenters. The highest BCUT2D eigenvalue weighted by atomic mass is 16.7. The second-order valence-corrected chi connectivity index (χ2v) is 8.26. The average molecular weight is 464 g/mol. The molecule has 2 aliphatic rings. The van der Waals surface area contributed by atoms with E-state index in [4.69, 9.17) is 18.6 Å². The molecule has 1 fully saturated rings. The van der Waals surface area contributed by atoms with E-state index in [-0.39, 0.29) is 25.7 Å². The number of furan rings is 1. The second kappa shape index (κ2) is 8.93. The molecule has 1 aromatic carbocycles. The van der Waals surface area contributed by atoms with E-state index < -0.39 is 0 Å². The van der Waals surface area contributed by atoms with Gasteiger partial charge in [0.25, 0.3) is 0 Å². The second-order valence-electron chi connectivity index (χ2n) is 8.26. The van der Waals surface area contributed by atoms with Crippen LogP contribution in [0.1, 0.15) is 17.6 Å². The molecular formula is C23H24N6O5. The van der Waals surface area contributed by atoms with E-state index in [9.17, 15) is 5.11 Å². The number of hydrogen-bond acceptors (Lipinski definition) is 10. The third kappa shape index (κ3) is 4.04. The Morgan fingerprint density at radius 2 is 2.03 bits per heavy atom. The van der Waals surface area contributed by atoms with Gasteiger partial charge in [0.2, 0.25) is 6.79 Å². The van der Waals surface area contributed by atoms with Crippen LogP contribution in [0.25, 0.3) is 11.2 Å². The first-order valence-electron chi connectivity index (χ1n) is 11.1. The number of imidazole rings is 1. The molecule has 11 heteroatoms. The van der Waals surface area contributed by atoms with Crippen molar-refractivity contribution >= 4 is 17.0 Å². The van der Waals surface area contributed by atoms with Gasteiger partial charge in [0.15, 0.2) is 28.5 Å². The van der Waals surface area contributed by atoms with Crippen molar-refractivity contribution < 1.29 is 23.7 Å². The summed E-state index contributed by atoms with van der Waals surface area (Å²) in [6.07, 6.45) is 4.15. The Hall–Kier alpha value is -3.67. The number of ether oxygens (including phenoxy) is 3. The van der Waals surface area contributed by atoms with Crippen molar-refractivity contribution in [2.24, 2.45) is 0 Å². The number of aliphatic hydroxyl groups is 1. The Labute approximate surface area is 194 Å². The summed E-state index contributed by atoms with van der Waals surface area (Å²) in [7, 11) is 0. The lowest BCUT2D eigenvalue weighted by molar-refractivity contribution is -0.135. The molecule has 2 N–H and O–H groups in total. The van der Waals surface area contributed by atoms with Gasteiger partial charge in [-0.1, -0.05) is 6.07 Å². The summed E-state index contributed by atoms with van der Waals surface area (Å²) < 4.78 is 24.4. The standard InChI is InChI=1S/C23H24N6O5/c30-11-17-9-28(8-15-3-4-18-19(6-15)33-14-32-18)10-20(34-17)29-13-27-21-22(25-12-26-23(21)29)24-7-16-2-1-5-31-16/h1-6,12-13,17,20,30H,7-11,14H2,(H,24,25,26)/t17-,20+/m0/s1. The first kappa shape index (κ1) is 20.9. The molecule has 1 saturated heterocycles. The van der Waals surface area contributed by atoms with Crippen LogP contribution < -0.4 is 14.8 Å². The van der Waals surface area contributed by atoms with Crippen LogP contribution >= 0.6 is 0 Å². The summed E-state index contributed by atoms with van der Waals surface area (Å²) in [5.41, 5.74) is 2.40. The highest BCUT2D eigenvalue weighted by molar-refractivity contribution is 5.82. The van der Waals surface area contributed by atoms with E-state index >= 15 is 0 Å². The molecule has 4 aromatic rings. The van der Waals surface area contributed by atoms with Crippen molar-refractivity contribution in [3.63, 3.8) is 0 Å². The van der Waals surface area contributed by atoms with Crippen LogP contribution in [0.2, 0.25) is 0 Å². The molecule has 34 heavy (non-hydrogen) atoms. The molecule has 0 amide bonds. The van der Waals surface area contributed by atoms with E-state index in [1.165, 1.54) is 6.33 Å². The summed E-state index contributed by atoms with van der Waals surface area (Å²) in [5.74, 6) is 2.93. The highest BCUT2D eigenvalue weighted by Gasteiger charge is 2.30. The fourth-order valence-corrected chi connectivity index (χ4v) is 4.35. The predicted molar refractivity (Wildman–Crippen MR) is 120 cm³/mol. The molecule has 11 nitrogen and oxygen atoms in total. The van der Waals surface area contributed by atoms with Gasteiger partial charge in [0.1, 0.15) is 18.3 Å². The number of morpholine rings is 1. The number of nitrogens with one attached hydrogen (secondary N) is 1. The maximum atomic E-state index is 9.88. The molecule has 0 radical (unpaired) electrons. The maximum absolute atomic E-state index is 9.88. The molecule has 0 bridgehead atoms. The SMILES string of the molecule is OC[C@@H]1CN(Cc2ccc3c(c2)OCO3)C[C@H](n2cnc3c(NCc4ccco4)ncnc32)O1. The van der Waals surface area contributed by atoms with Gasteiger partial charge in [-0.25, -0.2) is 15.0 Å². The van der Waals surface area contributed by atoms with Gasteiger partial charge in [0, 0.05) is 19.6 Å². The van der Waals surface area contributed by atoms with E-state index in [1.54, 1.807) is 12.6 Å². The summed E-state index contributed by atoms with van der Waals surface area (Å²) in [6, 6.07) is 9.69. The summed E-state index contributed by atoms with van der Waals surface area (Å²) in [5, 5.41) is 13.1. The van der Waals surface area contributed by atoms with Gasteiger partial charge in [-0.15, -0.1) is 0 Å². The summed E-state index contributed by atoms with van der Waals surface area (Å²) in [4.78, 5) is 15.6.